The molecule has 0 saturated heterocycles. The molecular weight excluding hydrogens is 222 g/mol. The number of nitrogens with two attached hydrogens (primary N) is 1. The lowest BCUT2D eigenvalue weighted by molar-refractivity contribution is 0.402. The van der Waals surface area contributed by atoms with E-state index in [-0.39, 0.29) is 0 Å². The number of rotatable bonds is 2. The van der Waals surface area contributed by atoms with Gasteiger partial charge in [-0.2, -0.15) is 0 Å². The van der Waals surface area contributed by atoms with Crippen LogP contribution in [0.2, 0.25) is 0 Å². The molecular formula is C8H10BrNO2. The van der Waals surface area contributed by atoms with Crippen molar-refractivity contribution in [3.63, 3.8) is 0 Å². The van der Waals surface area contributed by atoms with E-state index in [4.69, 9.17) is 15.2 Å². The first kappa shape index (κ1) is 9.19. The minimum atomic E-state index is 0.553. The van der Waals surface area contributed by atoms with Gasteiger partial charge in [0.1, 0.15) is 11.5 Å². The Bertz CT molecular complexity index is 260. The molecule has 0 spiro atoms. The van der Waals surface area contributed by atoms with Crippen molar-refractivity contribution in [3.8, 4) is 11.5 Å². The fraction of sp³-hybridized carbons (Fsp3) is 0.250. The minimum absolute atomic E-state index is 0.553. The van der Waals surface area contributed by atoms with E-state index in [2.05, 4.69) is 15.9 Å². The monoisotopic (exact) mass is 231 g/mol. The zero-order valence-electron chi connectivity index (χ0n) is 6.93. The summed E-state index contributed by atoms with van der Waals surface area (Å²) < 4.78 is 10.8. The first-order chi connectivity index (χ1) is 5.70. The highest BCUT2D eigenvalue weighted by Gasteiger charge is 2.08. The molecule has 1 aromatic carbocycles. The molecule has 3 nitrogen and oxygen atoms in total. The van der Waals surface area contributed by atoms with Crippen LogP contribution < -0.4 is 15.2 Å². The fourth-order valence-corrected chi connectivity index (χ4v) is 1.38. The first-order valence-corrected chi connectivity index (χ1v) is 4.16. The van der Waals surface area contributed by atoms with E-state index in [1.807, 2.05) is 0 Å². The Kier molecular flexibility index (Phi) is 2.81. The average Bonchev–Trinajstić information content (AvgIpc) is 2.10. The lowest BCUT2D eigenvalue weighted by Gasteiger charge is -2.09. The van der Waals surface area contributed by atoms with Gasteiger partial charge < -0.3 is 15.2 Å². The van der Waals surface area contributed by atoms with Crippen molar-refractivity contribution in [3.05, 3.63) is 16.6 Å². The highest BCUT2D eigenvalue weighted by atomic mass is 79.9. The van der Waals surface area contributed by atoms with Crippen molar-refractivity contribution in [1.29, 1.82) is 0 Å². The Balaban J connectivity index is 3.20. The summed E-state index contributed by atoms with van der Waals surface area (Å²) in [6.07, 6.45) is 0. The molecule has 0 heterocycles. The third-order valence-corrected chi connectivity index (χ3v) is 2.36. The number of nitrogen functional groups attached to an aromatic ring is 1. The number of benzene rings is 1. The SMILES string of the molecule is COc1ccc(OC)c(Br)c1N. The van der Waals surface area contributed by atoms with Crippen LogP contribution >= 0.6 is 15.9 Å². The molecule has 0 fully saturated rings. The van der Waals surface area contributed by atoms with Gasteiger partial charge in [-0.05, 0) is 28.1 Å². The maximum Gasteiger partial charge on any atom is 0.143 e. The molecule has 66 valence electrons. The van der Waals surface area contributed by atoms with Crippen LogP contribution in [-0.4, -0.2) is 14.2 Å². The Hall–Kier alpha value is -0.900. The molecule has 12 heavy (non-hydrogen) atoms. The maximum atomic E-state index is 5.72. The van der Waals surface area contributed by atoms with Gasteiger partial charge in [0.15, 0.2) is 0 Å². The number of hydrogen-bond donors (Lipinski definition) is 1. The fourth-order valence-electron chi connectivity index (χ4n) is 0.891. The normalized spacial score (nSPS) is 9.58. The standard InChI is InChI=1S/C8H10BrNO2/c1-11-5-3-4-6(12-2)8(10)7(5)9/h3-4H,10H2,1-2H3. The molecule has 0 unspecified atom stereocenters. The molecule has 0 amide bonds. The Labute approximate surface area is 79.6 Å². The van der Waals surface area contributed by atoms with Crippen LogP contribution in [0.5, 0.6) is 11.5 Å². The van der Waals surface area contributed by atoms with E-state index in [1.54, 1.807) is 26.4 Å². The summed E-state index contributed by atoms with van der Waals surface area (Å²) in [6, 6.07) is 3.55. The van der Waals surface area contributed by atoms with E-state index < -0.39 is 0 Å². The molecule has 2 N–H and O–H groups in total. The summed E-state index contributed by atoms with van der Waals surface area (Å²) in [7, 11) is 3.16. The number of anilines is 1. The van der Waals surface area contributed by atoms with Gasteiger partial charge >= 0.3 is 0 Å². The van der Waals surface area contributed by atoms with Crippen molar-refractivity contribution < 1.29 is 9.47 Å². The van der Waals surface area contributed by atoms with Gasteiger partial charge in [-0.3, -0.25) is 0 Å². The van der Waals surface area contributed by atoms with Gasteiger partial charge in [0.2, 0.25) is 0 Å². The minimum Gasteiger partial charge on any atom is -0.495 e. The van der Waals surface area contributed by atoms with Crippen LogP contribution in [0, 0.1) is 0 Å². The van der Waals surface area contributed by atoms with E-state index in [1.165, 1.54) is 0 Å². The van der Waals surface area contributed by atoms with Crippen molar-refractivity contribution >= 4 is 21.6 Å². The maximum absolute atomic E-state index is 5.72. The summed E-state index contributed by atoms with van der Waals surface area (Å²) in [6.45, 7) is 0. The summed E-state index contributed by atoms with van der Waals surface area (Å²) in [5.74, 6) is 1.34. The second kappa shape index (κ2) is 3.67. The van der Waals surface area contributed by atoms with Crippen LogP contribution in [0.15, 0.2) is 16.6 Å². The predicted octanol–water partition coefficient (Wildman–Crippen LogP) is 2.05. The van der Waals surface area contributed by atoms with Gasteiger partial charge in [0, 0.05) is 0 Å². The van der Waals surface area contributed by atoms with Gasteiger partial charge in [-0.25, -0.2) is 0 Å². The van der Waals surface area contributed by atoms with Crippen molar-refractivity contribution in [2.75, 3.05) is 20.0 Å². The summed E-state index contributed by atoms with van der Waals surface area (Å²) >= 11 is 3.30. The molecule has 0 aliphatic heterocycles. The van der Waals surface area contributed by atoms with Crippen LogP contribution in [0.4, 0.5) is 5.69 Å². The predicted molar refractivity (Wildman–Crippen MR) is 51.7 cm³/mol. The van der Waals surface area contributed by atoms with Crippen molar-refractivity contribution in [2.45, 2.75) is 0 Å². The molecule has 0 aliphatic carbocycles. The van der Waals surface area contributed by atoms with Gasteiger partial charge in [0.25, 0.3) is 0 Å². The first-order valence-electron chi connectivity index (χ1n) is 3.36. The second-order valence-electron chi connectivity index (χ2n) is 2.20. The van der Waals surface area contributed by atoms with Crippen molar-refractivity contribution in [2.24, 2.45) is 0 Å². The number of ether oxygens (including phenoxy) is 2. The molecule has 0 atom stereocenters. The molecule has 0 aromatic heterocycles. The van der Waals surface area contributed by atoms with Crippen molar-refractivity contribution in [1.82, 2.24) is 0 Å². The zero-order valence-corrected chi connectivity index (χ0v) is 8.51. The molecule has 0 bridgehead atoms. The van der Waals surface area contributed by atoms with Crippen LogP contribution in [-0.2, 0) is 0 Å². The highest BCUT2D eigenvalue weighted by Crippen LogP contribution is 2.36. The topological polar surface area (TPSA) is 44.5 Å². The lowest BCUT2D eigenvalue weighted by atomic mass is 10.3. The molecule has 0 saturated carbocycles. The number of hydrogen-bond acceptors (Lipinski definition) is 3. The second-order valence-corrected chi connectivity index (χ2v) is 2.99. The molecule has 1 aromatic rings. The quantitative estimate of drug-likeness (QED) is 0.793. The third kappa shape index (κ3) is 1.48. The summed E-state index contributed by atoms with van der Waals surface area (Å²) in [5.41, 5.74) is 6.27. The third-order valence-electron chi connectivity index (χ3n) is 1.54. The van der Waals surface area contributed by atoms with Crippen LogP contribution in [0.1, 0.15) is 0 Å². The Morgan fingerprint density at radius 3 is 2.17 bits per heavy atom. The van der Waals surface area contributed by atoms with Gasteiger partial charge in [0.05, 0.1) is 24.4 Å². The molecule has 1 rings (SSSR count). The van der Waals surface area contributed by atoms with E-state index in [0.29, 0.717) is 17.2 Å². The van der Waals surface area contributed by atoms with E-state index in [9.17, 15) is 0 Å². The van der Waals surface area contributed by atoms with Crippen LogP contribution in [0.25, 0.3) is 0 Å². The number of methoxy groups -OCH3 is 2. The van der Waals surface area contributed by atoms with Crippen LogP contribution in [0.3, 0.4) is 0 Å². The molecule has 0 aliphatic rings. The summed E-state index contributed by atoms with van der Waals surface area (Å²) in [5, 5.41) is 0. The van der Waals surface area contributed by atoms with E-state index in [0.717, 1.165) is 4.47 Å². The van der Waals surface area contributed by atoms with E-state index >= 15 is 0 Å². The Morgan fingerprint density at radius 1 is 1.17 bits per heavy atom. The Morgan fingerprint density at radius 2 is 1.67 bits per heavy atom. The van der Waals surface area contributed by atoms with Gasteiger partial charge in [-0.15, -0.1) is 0 Å². The molecule has 0 radical (unpaired) electrons. The largest absolute Gasteiger partial charge is 0.495 e. The highest BCUT2D eigenvalue weighted by molar-refractivity contribution is 9.10. The zero-order chi connectivity index (χ0) is 9.14. The lowest BCUT2D eigenvalue weighted by Crippen LogP contribution is -1.95. The number of halogens is 1. The van der Waals surface area contributed by atoms with Gasteiger partial charge in [-0.1, -0.05) is 0 Å². The smallest absolute Gasteiger partial charge is 0.143 e. The summed E-state index contributed by atoms with van der Waals surface area (Å²) in [4.78, 5) is 0. The average molecular weight is 232 g/mol. The molecule has 4 heteroatoms.